The van der Waals surface area contributed by atoms with E-state index in [0.717, 1.165) is 25.0 Å². The molecule has 1 aliphatic heterocycles. The van der Waals surface area contributed by atoms with E-state index in [-0.39, 0.29) is 17.4 Å². The van der Waals surface area contributed by atoms with Gasteiger partial charge in [0.25, 0.3) is 0 Å². The van der Waals surface area contributed by atoms with Crippen LogP contribution in [-0.2, 0) is 9.53 Å². The van der Waals surface area contributed by atoms with E-state index in [1.54, 1.807) is 7.11 Å². The number of amides is 1. The summed E-state index contributed by atoms with van der Waals surface area (Å²) < 4.78 is 10.9. The van der Waals surface area contributed by atoms with Gasteiger partial charge in [-0.15, -0.1) is 0 Å². The van der Waals surface area contributed by atoms with Crippen molar-refractivity contribution in [2.24, 2.45) is 11.8 Å². The molecule has 1 heterocycles. The molecule has 0 saturated carbocycles. The van der Waals surface area contributed by atoms with Gasteiger partial charge in [-0.3, -0.25) is 4.79 Å². The molecule has 0 unspecified atom stereocenters. The highest BCUT2D eigenvalue weighted by molar-refractivity contribution is 5.78. The van der Waals surface area contributed by atoms with Crippen molar-refractivity contribution in [2.45, 2.75) is 58.5 Å². The molecule has 1 aromatic rings. The molecule has 4 heteroatoms. The minimum Gasteiger partial charge on any atom is -0.497 e. The van der Waals surface area contributed by atoms with Gasteiger partial charge in [0.15, 0.2) is 0 Å². The number of hydrogen-bond donors (Lipinski definition) is 1. The summed E-state index contributed by atoms with van der Waals surface area (Å²) in [4.78, 5) is 12.5. The van der Waals surface area contributed by atoms with Gasteiger partial charge in [0.2, 0.25) is 5.91 Å². The molecule has 1 N–H and O–H groups in total. The SMILES string of the molecule is COc1ccc([C@H](CCNC(=O)[C@@H]2CCOC(C)(C)C2)C(C)C)cc1. The van der Waals surface area contributed by atoms with Crippen LogP contribution in [0.15, 0.2) is 24.3 Å². The molecule has 0 spiro atoms. The molecule has 1 amide bonds. The van der Waals surface area contributed by atoms with E-state index in [1.807, 2.05) is 12.1 Å². The molecule has 0 bridgehead atoms. The molecule has 1 saturated heterocycles. The molecule has 2 atom stereocenters. The summed E-state index contributed by atoms with van der Waals surface area (Å²) >= 11 is 0. The van der Waals surface area contributed by atoms with E-state index < -0.39 is 0 Å². The lowest BCUT2D eigenvalue weighted by molar-refractivity contribution is -0.135. The maximum atomic E-state index is 12.5. The average molecular weight is 347 g/mol. The summed E-state index contributed by atoms with van der Waals surface area (Å²) in [7, 11) is 1.68. The van der Waals surface area contributed by atoms with Gasteiger partial charge in [-0.05, 0) is 62.6 Å². The van der Waals surface area contributed by atoms with Crippen molar-refractivity contribution in [2.75, 3.05) is 20.3 Å². The van der Waals surface area contributed by atoms with Gasteiger partial charge >= 0.3 is 0 Å². The molecule has 1 aliphatic rings. The van der Waals surface area contributed by atoms with Crippen LogP contribution in [0, 0.1) is 11.8 Å². The van der Waals surface area contributed by atoms with Crippen LogP contribution in [0.3, 0.4) is 0 Å². The third-order valence-corrected chi connectivity index (χ3v) is 5.17. The van der Waals surface area contributed by atoms with Crippen molar-refractivity contribution < 1.29 is 14.3 Å². The van der Waals surface area contributed by atoms with Crippen LogP contribution in [-0.4, -0.2) is 31.8 Å². The van der Waals surface area contributed by atoms with E-state index in [2.05, 4.69) is 45.1 Å². The van der Waals surface area contributed by atoms with Gasteiger partial charge < -0.3 is 14.8 Å². The highest BCUT2D eigenvalue weighted by Crippen LogP contribution is 2.30. The number of carbonyl (C=O) groups excluding carboxylic acids is 1. The predicted octanol–water partition coefficient (Wildman–Crippen LogP) is 4.15. The van der Waals surface area contributed by atoms with Crippen molar-refractivity contribution in [1.29, 1.82) is 0 Å². The Labute approximate surface area is 152 Å². The highest BCUT2D eigenvalue weighted by Gasteiger charge is 2.32. The Hall–Kier alpha value is -1.55. The zero-order chi connectivity index (χ0) is 18.4. The first-order chi connectivity index (χ1) is 11.8. The van der Waals surface area contributed by atoms with Gasteiger partial charge in [-0.25, -0.2) is 0 Å². The van der Waals surface area contributed by atoms with Crippen molar-refractivity contribution in [3.8, 4) is 5.75 Å². The van der Waals surface area contributed by atoms with Gasteiger partial charge in [0.1, 0.15) is 5.75 Å². The maximum Gasteiger partial charge on any atom is 0.223 e. The zero-order valence-corrected chi connectivity index (χ0v) is 16.3. The predicted molar refractivity (Wildman–Crippen MR) is 101 cm³/mol. The molecule has 140 valence electrons. The lowest BCUT2D eigenvalue weighted by Gasteiger charge is -2.34. The summed E-state index contributed by atoms with van der Waals surface area (Å²) in [6.07, 6.45) is 2.56. The van der Waals surface area contributed by atoms with Gasteiger partial charge in [-0.1, -0.05) is 26.0 Å². The first-order valence-electron chi connectivity index (χ1n) is 9.38. The van der Waals surface area contributed by atoms with E-state index in [4.69, 9.17) is 9.47 Å². The lowest BCUT2D eigenvalue weighted by atomic mass is 9.85. The fourth-order valence-electron chi connectivity index (χ4n) is 3.69. The minimum atomic E-state index is -0.191. The number of rotatable bonds is 7. The molecule has 0 aliphatic carbocycles. The summed E-state index contributed by atoms with van der Waals surface area (Å²) in [5, 5.41) is 3.15. The van der Waals surface area contributed by atoms with Crippen molar-refractivity contribution in [1.82, 2.24) is 5.32 Å². The van der Waals surface area contributed by atoms with Crippen LogP contribution in [0.5, 0.6) is 5.75 Å². The van der Waals surface area contributed by atoms with E-state index in [9.17, 15) is 4.79 Å². The third kappa shape index (κ3) is 5.74. The molecule has 1 aromatic carbocycles. The monoisotopic (exact) mass is 347 g/mol. The fraction of sp³-hybridized carbons (Fsp3) is 0.667. The molecule has 4 nitrogen and oxygen atoms in total. The Morgan fingerprint density at radius 2 is 2.00 bits per heavy atom. The molecule has 0 radical (unpaired) electrons. The smallest absolute Gasteiger partial charge is 0.223 e. The molecular weight excluding hydrogens is 314 g/mol. The summed E-state index contributed by atoms with van der Waals surface area (Å²) in [6, 6.07) is 8.28. The number of nitrogens with one attached hydrogen (secondary N) is 1. The Bertz CT molecular complexity index is 551. The Kier molecular flexibility index (Phi) is 6.88. The summed E-state index contributed by atoms with van der Waals surface area (Å²) in [5.41, 5.74) is 1.11. The Balaban J connectivity index is 1.87. The topological polar surface area (TPSA) is 47.6 Å². The van der Waals surface area contributed by atoms with Crippen LogP contribution in [0.1, 0.15) is 58.4 Å². The van der Waals surface area contributed by atoms with Gasteiger partial charge in [0, 0.05) is 19.1 Å². The van der Waals surface area contributed by atoms with Crippen LogP contribution in [0.2, 0.25) is 0 Å². The second-order valence-electron chi connectivity index (χ2n) is 8.00. The number of methoxy groups -OCH3 is 1. The van der Waals surface area contributed by atoms with Crippen LogP contribution in [0.25, 0.3) is 0 Å². The molecular formula is C21H33NO3. The van der Waals surface area contributed by atoms with E-state index in [1.165, 1.54) is 5.56 Å². The summed E-state index contributed by atoms with van der Waals surface area (Å²) in [5.74, 6) is 2.07. The standard InChI is InChI=1S/C21H33NO3/c1-15(2)19(16-6-8-18(24-5)9-7-16)10-12-22-20(23)17-11-13-25-21(3,4)14-17/h6-9,15,17,19H,10-14H2,1-5H3,(H,22,23)/t17-,19-/m1/s1. The molecule has 2 rings (SSSR count). The second kappa shape index (κ2) is 8.70. The number of carbonyl (C=O) groups is 1. The molecule has 1 fully saturated rings. The maximum absolute atomic E-state index is 12.5. The Morgan fingerprint density at radius 1 is 1.32 bits per heavy atom. The van der Waals surface area contributed by atoms with E-state index >= 15 is 0 Å². The fourth-order valence-corrected chi connectivity index (χ4v) is 3.69. The van der Waals surface area contributed by atoms with Crippen LogP contribution >= 0.6 is 0 Å². The third-order valence-electron chi connectivity index (χ3n) is 5.17. The van der Waals surface area contributed by atoms with Crippen LogP contribution < -0.4 is 10.1 Å². The lowest BCUT2D eigenvalue weighted by Crippen LogP contribution is -2.41. The first kappa shape index (κ1) is 19.8. The minimum absolute atomic E-state index is 0.0715. The van der Waals surface area contributed by atoms with Crippen molar-refractivity contribution >= 4 is 5.91 Å². The first-order valence-corrected chi connectivity index (χ1v) is 9.38. The average Bonchev–Trinajstić information content (AvgIpc) is 2.57. The van der Waals surface area contributed by atoms with Gasteiger partial charge in [0.05, 0.1) is 12.7 Å². The molecule has 25 heavy (non-hydrogen) atoms. The largest absolute Gasteiger partial charge is 0.497 e. The highest BCUT2D eigenvalue weighted by atomic mass is 16.5. The van der Waals surface area contributed by atoms with Crippen LogP contribution in [0.4, 0.5) is 0 Å². The summed E-state index contributed by atoms with van der Waals surface area (Å²) in [6.45, 7) is 9.97. The Morgan fingerprint density at radius 3 is 2.56 bits per heavy atom. The number of benzene rings is 1. The van der Waals surface area contributed by atoms with E-state index in [0.29, 0.717) is 25.0 Å². The molecule has 0 aromatic heterocycles. The normalized spacial score (nSPS) is 21.0. The number of ether oxygens (including phenoxy) is 2. The van der Waals surface area contributed by atoms with Crippen molar-refractivity contribution in [3.05, 3.63) is 29.8 Å². The second-order valence-corrected chi connectivity index (χ2v) is 8.00. The zero-order valence-electron chi connectivity index (χ0n) is 16.3. The van der Waals surface area contributed by atoms with Crippen molar-refractivity contribution in [3.63, 3.8) is 0 Å². The van der Waals surface area contributed by atoms with Gasteiger partial charge in [-0.2, -0.15) is 0 Å². The quantitative estimate of drug-likeness (QED) is 0.806. The number of hydrogen-bond acceptors (Lipinski definition) is 3.